The summed E-state index contributed by atoms with van der Waals surface area (Å²) in [5.41, 5.74) is 1.70. The third-order valence-electron chi connectivity index (χ3n) is 4.30. The summed E-state index contributed by atoms with van der Waals surface area (Å²) < 4.78 is 21.8. The van der Waals surface area contributed by atoms with Crippen LogP contribution >= 0.6 is 0 Å². The zero-order valence-electron chi connectivity index (χ0n) is 15.1. The van der Waals surface area contributed by atoms with Crippen LogP contribution in [-0.4, -0.2) is 32.4 Å². The Kier molecular flexibility index (Phi) is 6.42. The molecule has 1 heterocycles. The number of ether oxygens (including phenoxy) is 4. The van der Waals surface area contributed by atoms with Gasteiger partial charge in [-0.25, -0.2) is 9.64 Å². The Bertz CT molecular complexity index is 819. The normalized spacial score (nSPS) is 14.4. The molecule has 0 radical (unpaired) electrons. The van der Waals surface area contributed by atoms with Crippen molar-refractivity contribution in [3.8, 4) is 11.5 Å². The molecule has 6 heteroatoms. The van der Waals surface area contributed by atoms with E-state index in [1.165, 1.54) is 19.2 Å². The maximum absolute atomic E-state index is 11.9. The summed E-state index contributed by atoms with van der Waals surface area (Å²) >= 11 is 0. The van der Waals surface area contributed by atoms with Crippen molar-refractivity contribution in [1.82, 2.24) is 0 Å². The van der Waals surface area contributed by atoms with Crippen LogP contribution in [0.3, 0.4) is 0 Å². The van der Waals surface area contributed by atoms with E-state index in [9.17, 15) is 4.79 Å². The predicted molar refractivity (Wildman–Crippen MR) is 99.2 cm³/mol. The molecule has 0 spiro atoms. The second-order valence-electron chi connectivity index (χ2n) is 6.15. The Morgan fingerprint density at radius 3 is 2.59 bits per heavy atom. The summed E-state index contributed by atoms with van der Waals surface area (Å²) in [5, 5.41) is 0. The molecule has 1 aliphatic heterocycles. The molecule has 1 aliphatic rings. The first kappa shape index (κ1) is 18.9. The maximum Gasteiger partial charge on any atom is 0.341 e. The van der Waals surface area contributed by atoms with Crippen LogP contribution < -0.4 is 4.74 Å². The number of esters is 1. The van der Waals surface area contributed by atoms with Crippen molar-refractivity contribution in [2.24, 2.45) is 0 Å². The molecule has 140 valence electrons. The Labute approximate surface area is 158 Å². The molecule has 0 amide bonds. The van der Waals surface area contributed by atoms with Crippen LogP contribution in [0.1, 0.15) is 28.8 Å². The summed E-state index contributed by atoms with van der Waals surface area (Å²) in [6, 6.07) is 12.1. The van der Waals surface area contributed by atoms with Crippen molar-refractivity contribution < 1.29 is 23.7 Å². The number of carbonyl (C=O) groups excluding carboxylic acids is 1. The topological polar surface area (TPSA) is 58.4 Å². The average Bonchev–Trinajstić information content (AvgIpc) is 2.73. The molecule has 0 atom stereocenters. The number of hydrogen-bond donors (Lipinski definition) is 0. The fourth-order valence-corrected chi connectivity index (χ4v) is 2.78. The number of benzene rings is 2. The number of methoxy groups -OCH3 is 1. The smallest absolute Gasteiger partial charge is 0.341 e. The molecule has 3 rings (SSSR count). The van der Waals surface area contributed by atoms with Gasteiger partial charge < -0.3 is 18.9 Å². The first-order valence-electron chi connectivity index (χ1n) is 8.75. The molecule has 0 aromatic heterocycles. The highest BCUT2D eigenvalue weighted by Gasteiger charge is 2.16. The van der Waals surface area contributed by atoms with Crippen LogP contribution in [0.25, 0.3) is 4.85 Å². The van der Waals surface area contributed by atoms with Crippen LogP contribution in [-0.2, 0) is 20.8 Å². The zero-order chi connectivity index (χ0) is 19.1. The molecular formula is C21H21NO5. The summed E-state index contributed by atoms with van der Waals surface area (Å²) in [7, 11) is 1.31. The van der Waals surface area contributed by atoms with E-state index in [0.717, 1.165) is 31.6 Å². The van der Waals surface area contributed by atoms with E-state index in [-0.39, 0.29) is 11.7 Å². The van der Waals surface area contributed by atoms with Gasteiger partial charge in [0.1, 0.15) is 11.5 Å². The number of nitrogens with zero attached hydrogens (tertiary/aromatic N) is 1. The molecule has 0 N–H and O–H groups in total. The van der Waals surface area contributed by atoms with Gasteiger partial charge in [0.05, 0.1) is 32.0 Å². The highest BCUT2D eigenvalue weighted by molar-refractivity contribution is 5.93. The van der Waals surface area contributed by atoms with E-state index in [1.807, 2.05) is 24.3 Å². The van der Waals surface area contributed by atoms with E-state index >= 15 is 0 Å². The molecule has 27 heavy (non-hydrogen) atoms. The monoisotopic (exact) mass is 367 g/mol. The molecule has 0 bridgehead atoms. The fourth-order valence-electron chi connectivity index (χ4n) is 2.78. The van der Waals surface area contributed by atoms with Gasteiger partial charge in [-0.3, -0.25) is 0 Å². The highest BCUT2D eigenvalue weighted by atomic mass is 16.5. The van der Waals surface area contributed by atoms with E-state index in [2.05, 4.69) is 4.85 Å². The van der Waals surface area contributed by atoms with Crippen molar-refractivity contribution in [2.75, 3.05) is 20.3 Å². The van der Waals surface area contributed by atoms with Crippen molar-refractivity contribution in [3.63, 3.8) is 0 Å². The summed E-state index contributed by atoms with van der Waals surface area (Å²) in [4.78, 5) is 15.3. The molecular weight excluding hydrogens is 346 g/mol. The standard InChI is InChI=1S/C21H21NO5/c1-22-16-5-8-19(21(23)24-2)20(13-16)27-18-6-3-15(4-7-18)14-26-17-9-11-25-12-10-17/h3-8,13,17H,9-12,14H2,2H3. The van der Waals surface area contributed by atoms with Gasteiger partial charge in [-0.1, -0.05) is 24.3 Å². The van der Waals surface area contributed by atoms with Gasteiger partial charge in [-0.15, -0.1) is 0 Å². The average molecular weight is 367 g/mol. The second-order valence-corrected chi connectivity index (χ2v) is 6.15. The van der Waals surface area contributed by atoms with E-state index < -0.39 is 5.97 Å². The lowest BCUT2D eigenvalue weighted by Crippen LogP contribution is -2.23. The molecule has 0 aliphatic carbocycles. The Balaban J connectivity index is 1.67. The first-order valence-corrected chi connectivity index (χ1v) is 8.75. The lowest BCUT2D eigenvalue weighted by atomic mass is 10.1. The minimum Gasteiger partial charge on any atom is -0.465 e. The molecule has 1 fully saturated rings. The van der Waals surface area contributed by atoms with Crippen LogP contribution in [0.5, 0.6) is 11.5 Å². The zero-order valence-corrected chi connectivity index (χ0v) is 15.1. The van der Waals surface area contributed by atoms with Gasteiger partial charge in [0.25, 0.3) is 0 Å². The Morgan fingerprint density at radius 1 is 1.19 bits per heavy atom. The molecule has 0 unspecified atom stereocenters. The Hall–Kier alpha value is -2.88. The van der Waals surface area contributed by atoms with Crippen molar-refractivity contribution in [2.45, 2.75) is 25.6 Å². The summed E-state index contributed by atoms with van der Waals surface area (Å²) in [6.07, 6.45) is 2.10. The maximum atomic E-state index is 11.9. The largest absolute Gasteiger partial charge is 0.465 e. The fraction of sp³-hybridized carbons (Fsp3) is 0.333. The second kappa shape index (κ2) is 9.17. The predicted octanol–water partition coefficient (Wildman–Crippen LogP) is 4.51. The minimum atomic E-state index is -0.511. The van der Waals surface area contributed by atoms with Gasteiger partial charge in [0.2, 0.25) is 0 Å². The number of carbonyl (C=O) groups is 1. The quantitative estimate of drug-likeness (QED) is 0.555. The third kappa shape index (κ3) is 5.07. The number of hydrogen-bond acceptors (Lipinski definition) is 5. The van der Waals surface area contributed by atoms with Gasteiger partial charge in [-0.2, -0.15) is 0 Å². The summed E-state index contributed by atoms with van der Waals surface area (Å²) in [5.74, 6) is 0.349. The lowest BCUT2D eigenvalue weighted by Gasteiger charge is -2.22. The van der Waals surface area contributed by atoms with Gasteiger partial charge in [0.15, 0.2) is 5.69 Å². The van der Waals surface area contributed by atoms with Crippen molar-refractivity contribution in [3.05, 3.63) is 65.0 Å². The van der Waals surface area contributed by atoms with Crippen LogP contribution in [0.2, 0.25) is 0 Å². The molecule has 0 saturated carbocycles. The Morgan fingerprint density at radius 2 is 1.93 bits per heavy atom. The SMILES string of the molecule is [C-]#[N+]c1ccc(C(=O)OC)c(Oc2ccc(COC3CCOCC3)cc2)c1. The molecule has 2 aromatic carbocycles. The highest BCUT2D eigenvalue weighted by Crippen LogP contribution is 2.30. The van der Waals surface area contributed by atoms with E-state index in [4.69, 9.17) is 25.5 Å². The lowest BCUT2D eigenvalue weighted by molar-refractivity contribution is -0.0390. The van der Waals surface area contributed by atoms with Crippen molar-refractivity contribution in [1.29, 1.82) is 0 Å². The van der Waals surface area contributed by atoms with Gasteiger partial charge in [-0.05, 0) is 36.6 Å². The molecule has 1 saturated heterocycles. The van der Waals surface area contributed by atoms with Gasteiger partial charge in [0, 0.05) is 13.2 Å². The van der Waals surface area contributed by atoms with Crippen LogP contribution in [0.15, 0.2) is 42.5 Å². The third-order valence-corrected chi connectivity index (χ3v) is 4.30. The number of rotatable bonds is 6. The van der Waals surface area contributed by atoms with Crippen molar-refractivity contribution >= 4 is 11.7 Å². The summed E-state index contributed by atoms with van der Waals surface area (Å²) in [6.45, 7) is 9.17. The first-order chi connectivity index (χ1) is 13.2. The molecule has 2 aromatic rings. The van der Waals surface area contributed by atoms with Gasteiger partial charge >= 0.3 is 5.97 Å². The minimum absolute atomic E-state index is 0.244. The molecule has 6 nitrogen and oxygen atoms in total. The van der Waals surface area contributed by atoms with Crippen LogP contribution in [0.4, 0.5) is 5.69 Å². The van der Waals surface area contributed by atoms with Crippen LogP contribution in [0, 0.1) is 6.57 Å². The van der Waals surface area contributed by atoms with E-state index in [0.29, 0.717) is 23.8 Å². The van der Waals surface area contributed by atoms with E-state index in [1.54, 1.807) is 6.07 Å².